The van der Waals surface area contributed by atoms with Crippen molar-refractivity contribution in [2.75, 3.05) is 7.11 Å². The minimum atomic E-state index is -0.298. The van der Waals surface area contributed by atoms with Crippen molar-refractivity contribution >= 4 is 27.3 Å². The Kier molecular flexibility index (Phi) is 4.27. The summed E-state index contributed by atoms with van der Waals surface area (Å²) in [6.45, 7) is 1.91. The normalized spacial score (nSPS) is 10.8. The SMILES string of the molecule is COc1nn(C)c(=O)n1-c1c(C)cccc1Oc1ccc(Br)s1. The molecule has 0 saturated heterocycles. The molecule has 0 aliphatic rings. The molecule has 120 valence electrons. The predicted octanol–water partition coefficient (Wildman–Crippen LogP) is 3.50. The molecule has 6 nitrogen and oxygen atoms in total. The van der Waals surface area contributed by atoms with E-state index in [1.165, 1.54) is 27.7 Å². The van der Waals surface area contributed by atoms with E-state index in [4.69, 9.17) is 9.47 Å². The van der Waals surface area contributed by atoms with E-state index >= 15 is 0 Å². The van der Waals surface area contributed by atoms with Gasteiger partial charge in [0.25, 0.3) is 0 Å². The van der Waals surface area contributed by atoms with E-state index in [0.29, 0.717) is 11.4 Å². The molecule has 0 atom stereocenters. The van der Waals surface area contributed by atoms with E-state index in [2.05, 4.69) is 21.0 Å². The zero-order valence-electron chi connectivity index (χ0n) is 12.7. The lowest BCUT2D eigenvalue weighted by atomic mass is 10.2. The molecule has 23 heavy (non-hydrogen) atoms. The van der Waals surface area contributed by atoms with Crippen molar-refractivity contribution in [1.82, 2.24) is 14.3 Å². The molecule has 0 spiro atoms. The second-order valence-electron chi connectivity index (χ2n) is 4.81. The average Bonchev–Trinajstić information content (AvgIpc) is 3.04. The molecule has 0 saturated carbocycles. The Balaban J connectivity index is 2.18. The Morgan fingerprint density at radius 2 is 2.04 bits per heavy atom. The van der Waals surface area contributed by atoms with E-state index < -0.39 is 0 Å². The van der Waals surface area contributed by atoms with Crippen LogP contribution in [0.2, 0.25) is 0 Å². The van der Waals surface area contributed by atoms with E-state index in [0.717, 1.165) is 14.4 Å². The summed E-state index contributed by atoms with van der Waals surface area (Å²) < 4.78 is 14.8. The first kappa shape index (κ1) is 15.8. The van der Waals surface area contributed by atoms with Crippen LogP contribution in [0, 0.1) is 6.92 Å². The van der Waals surface area contributed by atoms with Crippen molar-refractivity contribution in [3.05, 3.63) is 50.2 Å². The fraction of sp³-hybridized carbons (Fsp3) is 0.200. The van der Waals surface area contributed by atoms with Crippen LogP contribution in [0.3, 0.4) is 0 Å². The van der Waals surface area contributed by atoms with Gasteiger partial charge in [0.05, 0.1) is 10.9 Å². The minimum Gasteiger partial charge on any atom is -0.467 e. The standard InChI is InChI=1S/C15H14BrN3O3S/c1-9-5-4-6-10(22-12-8-7-11(16)23-12)13(9)19-14(21-3)17-18(2)15(19)20/h4-8H,1-3H3. The zero-order chi connectivity index (χ0) is 16.6. The van der Waals surface area contributed by atoms with Crippen molar-refractivity contribution in [1.29, 1.82) is 0 Å². The molecule has 3 aromatic rings. The number of aryl methyl sites for hydroxylation is 2. The summed E-state index contributed by atoms with van der Waals surface area (Å²) in [6.07, 6.45) is 0. The zero-order valence-corrected chi connectivity index (χ0v) is 15.1. The van der Waals surface area contributed by atoms with Crippen LogP contribution in [0.25, 0.3) is 5.69 Å². The number of para-hydroxylation sites is 1. The number of ether oxygens (including phenoxy) is 2. The van der Waals surface area contributed by atoms with Crippen LogP contribution in [0.15, 0.2) is 38.9 Å². The van der Waals surface area contributed by atoms with E-state index in [1.807, 2.05) is 37.3 Å². The summed E-state index contributed by atoms with van der Waals surface area (Å²) in [5.41, 5.74) is 1.20. The molecule has 2 aromatic heterocycles. The fourth-order valence-corrected chi connectivity index (χ4v) is 3.43. The van der Waals surface area contributed by atoms with Crippen molar-refractivity contribution in [2.45, 2.75) is 6.92 Å². The number of hydrogen-bond acceptors (Lipinski definition) is 5. The number of benzene rings is 1. The van der Waals surface area contributed by atoms with Gasteiger partial charge in [-0.25, -0.2) is 14.0 Å². The second-order valence-corrected chi connectivity index (χ2v) is 7.24. The van der Waals surface area contributed by atoms with Crippen LogP contribution in [-0.4, -0.2) is 21.5 Å². The summed E-state index contributed by atoms with van der Waals surface area (Å²) in [5.74, 6) is 0.563. The molecule has 1 aromatic carbocycles. The van der Waals surface area contributed by atoms with Crippen LogP contribution in [-0.2, 0) is 7.05 Å². The van der Waals surface area contributed by atoms with Gasteiger partial charge in [-0.3, -0.25) is 0 Å². The quantitative estimate of drug-likeness (QED) is 0.678. The summed E-state index contributed by atoms with van der Waals surface area (Å²) in [7, 11) is 3.06. The lowest BCUT2D eigenvalue weighted by molar-refractivity contribution is 0.367. The van der Waals surface area contributed by atoms with Crippen LogP contribution < -0.4 is 15.2 Å². The van der Waals surface area contributed by atoms with Crippen molar-refractivity contribution in [2.24, 2.45) is 7.05 Å². The lowest BCUT2D eigenvalue weighted by Crippen LogP contribution is -2.22. The summed E-state index contributed by atoms with van der Waals surface area (Å²) in [6, 6.07) is 9.59. The Hall–Kier alpha value is -2.06. The van der Waals surface area contributed by atoms with Gasteiger partial charge >= 0.3 is 11.7 Å². The van der Waals surface area contributed by atoms with Crippen molar-refractivity contribution < 1.29 is 9.47 Å². The molecular weight excluding hydrogens is 382 g/mol. The van der Waals surface area contributed by atoms with Gasteiger partial charge in [-0.15, -0.1) is 5.10 Å². The minimum absolute atomic E-state index is 0.212. The van der Waals surface area contributed by atoms with Gasteiger partial charge in [-0.1, -0.05) is 23.5 Å². The number of methoxy groups -OCH3 is 1. The fourth-order valence-electron chi connectivity index (χ4n) is 2.23. The monoisotopic (exact) mass is 395 g/mol. The number of halogens is 1. The molecule has 0 unspecified atom stereocenters. The largest absolute Gasteiger partial charge is 0.467 e. The molecule has 3 rings (SSSR count). The second kappa shape index (κ2) is 6.21. The first-order chi connectivity index (χ1) is 11.0. The van der Waals surface area contributed by atoms with E-state index in [1.54, 1.807) is 7.05 Å². The molecule has 0 bridgehead atoms. The first-order valence-electron chi connectivity index (χ1n) is 6.74. The average molecular weight is 396 g/mol. The summed E-state index contributed by atoms with van der Waals surface area (Å²) >= 11 is 4.88. The first-order valence-corrected chi connectivity index (χ1v) is 8.35. The maximum atomic E-state index is 12.4. The molecule has 0 N–H and O–H groups in total. The number of nitrogens with zero attached hydrogens (tertiary/aromatic N) is 3. The molecule has 0 radical (unpaired) electrons. The number of aromatic nitrogens is 3. The molecule has 0 aliphatic carbocycles. The van der Waals surface area contributed by atoms with Gasteiger partial charge in [0, 0.05) is 7.05 Å². The molecular formula is C15H14BrN3O3S. The van der Waals surface area contributed by atoms with Crippen LogP contribution in [0.5, 0.6) is 16.8 Å². The third-order valence-electron chi connectivity index (χ3n) is 3.26. The number of rotatable bonds is 4. The Labute approximate surface area is 145 Å². The Morgan fingerprint density at radius 3 is 2.70 bits per heavy atom. The topological polar surface area (TPSA) is 58.3 Å². The van der Waals surface area contributed by atoms with Crippen LogP contribution in [0.4, 0.5) is 0 Å². The highest BCUT2D eigenvalue weighted by Crippen LogP contribution is 2.36. The van der Waals surface area contributed by atoms with Gasteiger partial charge in [-0.05, 0) is 46.6 Å². The Bertz CT molecular complexity index is 913. The highest BCUT2D eigenvalue weighted by Gasteiger charge is 2.20. The van der Waals surface area contributed by atoms with Crippen LogP contribution >= 0.6 is 27.3 Å². The lowest BCUT2D eigenvalue weighted by Gasteiger charge is -2.13. The molecule has 0 amide bonds. The van der Waals surface area contributed by atoms with Gasteiger partial charge in [0.15, 0.2) is 10.8 Å². The number of hydrogen-bond donors (Lipinski definition) is 0. The third kappa shape index (κ3) is 2.91. The summed E-state index contributed by atoms with van der Waals surface area (Å²) in [5, 5.41) is 4.80. The Morgan fingerprint density at radius 1 is 1.26 bits per heavy atom. The molecule has 0 aliphatic heterocycles. The van der Waals surface area contributed by atoms with Crippen molar-refractivity contribution in [3.63, 3.8) is 0 Å². The number of thiophene rings is 1. The molecule has 2 heterocycles. The summed E-state index contributed by atoms with van der Waals surface area (Å²) in [4.78, 5) is 12.4. The highest BCUT2D eigenvalue weighted by molar-refractivity contribution is 9.11. The van der Waals surface area contributed by atoms with Gasteiger partial charge < -0.3 is 9.47 Å². The van der Waals surface area contributed by atoms with Crippen molar-refractivity contribution in [3.8, 4) is 22.5 Å². The molecule has 0 fully saturated rings. The maximum Gasteiger partial charge on any atom is 0.353 e. The predicted molar refractivity (Wildman–Crippen MR) is 92.2 cm³/mol. The van der Waals surface area contributed by atoms with E-state index in [9.17, 15) is 4.79 Å². The highest BCUT2D eigenvalue weighted by atomic mass is 79.9. The third-order valence-corrected chi connectivity index (χ3v) is 4.76. The smallest absolute Gasteiger partial charge is 0.353 e. The van der Waals surface area contributed by atoms with Crippen LogP contribution in [0.1, 0.15) is 5.56 Å². The maximum absolute atomic E-state index is 12.4. The van der Waals surface area contributed by atoms with Gasteiger partial charge in [-0.2, -0.15) is 0 Å². The van der Waals surface area contributed by atoms with Gasteiger partial charge in [0.1, 0.15) is 5.69 Å². The van der Waals surface area contributed by atoms with E-state index in [-0.39, 0.29) is 11.7 Å². The molecule has 8 heteroatoms. The van der Waals surface area contributed by atoms with Gasteiger partial charge in [0.2, 0.25) is 0 Å².